The number of rotatable bonds is 9. The highest BCUT2D eigenvalue weighted by atomic mass is 79.9. The monoisotopic (exact) mass is 629 g/mol. The van der Waals surface area contributed by atoms with Crippen LogP contribution in [0.3, 0.4) is 0 Å². The van der Waals surface area contributed by atoms with Gasteiger partial charge in [-0.15, -0.1) is 0 Å². The Morgan fingerprint density at radius 3 is 2.56 bits per heavy atom. The van der Waals surface area contributed by atoms with Crippen LogP contribution >= 0.6 is 15.9 Å². The molecule has 3 N–H and O–H groups in total. The number of alkyl halides is 2. The Kier molecular flexibility index (Phi) is 8.46. The summed E-state index contributed by atoms with van der Waals surface area (Å²) in [4.78, 5) is 41.4. The van der Waals surface area contributed by atoms with Crippen LogP contribution in [0.1, 0.15) is 12.1 Å². The number of halogens is 3. The molecule has 208 valence electrons. The average molecular weight is 630 g/mol. The predicted octanol–water partition coefficient (Wildman–Crippen LogP) is 2.13. The lowest BCUT2D eigenvalue weighted by molar-refractivity contribution is -0.160. The smallest absolute Gasteiger partial charge is 0.405 e. The first-order valence-electron chi connectivity index (χ1n) is 11.4. The number of benzene rings is 1. The third-order valence-corrected chi connectivity index (χ3v) is 8.31. The molecule has 0 spiro atoms. The topological polar surface area (TPSA) is 160 Å². The maximum atomic E-state index is 13.6. The van der Waals surface area contributed by atoms with Crippen molar-refractivity contribution in [1.29, 1.82) is 0 Å². The van der Waals surface area contributed by atoms with Crippen LogP contribution in [0.25, 0.3) is 10.9 Å². The van der Waals surface area contributed by atoms with Gasteiger partial charge in [0.25, 0.3) is 10.0 Å². The molecule has 0 bridgehead atoms. The van der Waals surface area contributed by atoms with E-state index in [0.29, 0.717) is 15.4 Å². The normalized spacial score (nSPS) is 17.5. The Hall–Kier alpha value is -3.63. The van der Waals surface area contributed by atoms with Gasteiger partial charge in [-0.05, 0) is 36.4 Å². The molecule has 39 heavy (non-hydrogen) atoms. The van der Waals surface area contributed by atoms with Gasteiger partial charge in [-0.1, -0.05) is 15.9 Å². The summed E-state index contributed by atoms with van der Waals surface area (Å²) < 4.78 is 59.0. The largest absolute Gasteiger partial charge is 0.465 e. The highest BCUT2D eigenvalue weighted by Crippen LogP contribution is 2.27. The number of pyridine rings is 1. The zero-order valence-corrected chi connectivity index (χ0v) is 22.4. The van der Waals surface area contributed by atoms with E-state index in [1.165, 1.54) is 36.7 Å². The molecule has 3 aromatic rings. The molecule has 1 fully saturated rings. The molecule has 0 aliphatic carbocycles. The van der Waals surface area contributed by atoms with E-state index in [1.54, 1.807) is 12.1 Å². The first-order chi connectivity index (χ1) is 18.5. The Morgan fingerprint density at radius 2 is 1.90 bits per heavy atom. The van der Waals surface area contributed by atoms with E-state index in [0.717, 1.165) is 8.87 Å². The van der Waals surface area contributed by atoms with Gasteiger partial charge < -0.3 is 25.4 Å². The quantitative estimate of drug-likeness (QED) is 0.324. The van der Waals surface area contributed by atoms with Crippen LogP contribution in [-0.4, -0.2) is 77.1 Å². The van der Waals surface area contributed by atoms with E-state index in [1.807, 2.05) is 5.32 Å². The van der Waals surface area contributed by atoms with E-state index in [-0.39, 0.29) is 30.1 Å². The number of carbonyl (C=O) groups is 3. The van der Waals surface area contributed by atoms with Gasteiger partial charge in [0.05, 0.1) is 28.8 Å². The maximum absolute atomic E-state index is 13.6. The van der Waals surface area contributed by atoms with Gasteiger partial charge in [-0.2, -0.15) is 8.78 Å². The molecule has 16 heteroatoms. The summed E-state index contributed by atoms with van der Waals surface area (Å²) in [5, 5.41) is 13.7. The minimum Gasteiger partial charge on any atom is -0.465 e. The van der Waals surface area contributed by atoms with Crippen molar-refractivity contribution in [1.82, 2.24) is 24.5 Å². The zero-order chi connectivity index (χ0) is 28.3. The molecule has 3 heterocycles. The minimum absolute atomic E-state index is 0.00178. The van der Waals surface area contributed by atoms with Crippen molar-refractivity contribution < 1.29 is 41.4 Å². The van der Waals surface area contributed by atoms with Crippen molar-refractivity contribution in [3.63, 3.8) is 0 Å². The van der Waals surface area contributed by atoms with Crippen LogP contribution in [0, 0.1) is 0 Å². The first-order valence-corrected chi connectivity index (χ1v) is 13.6. The molecule has 4 rings (SSSR count). The van der Waals surface area contributed by atoms with Gasteiger partial charge in [0.1, 0.15) is 12.6 Å². The van der Waals surface area contributed by atoms with E-state index in [2.05, 4.69) is 31.0 Å². The van der Waals surface area contributed by atoms with E-state index >= 15 is 0 Å². The van der Waals surface area contributed by atoms with Crippen LogP contribution in [0.5, 0.6) is 0 Å². The molecular weight excluding hydrogens is 608 g/mol. The second-order valence-corrected chi connectivity index (χ2v) is 11.2. The molecule has 1 saturated heterocycles. The van der Waals surface area contributed by atoms with Crippen molar-refractivity contribution in [2.75, 3.05) is 13.1 Å². The standard InChI is InChI=1S/C23H22BrF2N5O7S/c24-14-1-3-17(4-2-14)39(36,37)31-15(7-13-9-27-6-5-18(13)31)10-28-21(33)19-8-16(38-22(25)26)12-30(19)20(32)11-29-23(34)35/h1-7,9,16,19,22,29H,8,10-12H2,(H,28,33)(H,34,35)/t16-,19+/m1/s1. The molecule has 0 saturated carbocycles. The van der Waals surface area contributed by atoms with Crippen LogP contribution in [0.4, 0.5) is 13.6 Å². The van der Waals surface area contributed by atoms with Gasteiger partial charge >= 0.3 is 12.7 Å². The first kappa shape index (κ1) is 28.4. The number of carboxylic acid groups (broad SMARTS) is 1. The van der Waals surface area contributed by atoms with Crippen molar-refractivity contribution >= 4 is 54.8 Å². The van der Waals surface area contributed by atoms with Crippen LogP contribution in [0.15, 0.2) is 58.2 Å². The van der Waals surface area contributed by atoms with Crippen LogP contribution in [0.2, 0.25) is 0 Å². The maximum Gasteiger partial charge on any atom is 0.405 e. The van der Waals surface area contributed by atoms with Gasteiger partial charge in [0, 0.05) is 35.2 Å². The summed E-state index contributed by atoms with van der Waals surface area (Å²) in [5.41, 5.74) is 0.498. The third kappa shape index (κ3) is 6.34. The molecule has 2 atom stereocenters. The molecule has 12 nitrogen and oxygen atoms in total. The number of carbonyl (C=O) groups excluding carboxylic acids is 2. The van der Waals surface area contributed by atoms with Gasteiger partial charge in [-0.25, -0.2) is 17.2 Å². The van der Waals surface area contributed by atoms with Gasteiger partial charge in [0.15, 0.2) is 0 Å². The molecule has 1 aromatic carbocycles. The fourth-order valence-electron chi connectivity index (χ4n) is 4.32. The lowest BCUT2D eigenvalue weighted by Crippen LogP contribution is -2.48. The highest BCUT2D eigenvalue weighted by molar-refractivity contribution is 9.10. The molecule has 0 unspecified atom stereocenters. The second-order valence-electron chi connectivity index (χ2n) is 8.49. The average Bonchev–Trinajstić information content (AvgIpc) is 3.47. The van der Waals surface area contributed by atoms with Gasteiger partial charge in [0.2, 0.25) is 11.8 Å². The Morgan fingerprint density at radius 1 is 1.18 bits per heavy atom. The minimum atomic E-state index is -4.11. The molecular formula is C23H22BrF2N5O7S. The summed E-state index contributed by atoms with van der Waals surface area (Å²) >= 11 is 3.27. The lowest BCUT2D eigenvalue weighted by atomic mass is 10.2. The van der Waals surface area contributed by atoms with Crippen molar-refractivity contribution in [2.45, 2.75) is 36.6 Å². The number of hydrogen-bond donors (Lipinski definition) is 3. The van der Waals surface area contributed by atoms with E-state index in [9.17, 15) is 31.6 Å². The molecule has 3 amide bonds. The van der Waals surface area contributed by atoms with Crippen molar-refractivity contribution in [3.05, 3.63) is 59.0 Å². The van der Waals surface area contributed by atoms with Crippen molar-refractivity contribution in [3.8, 4) is 0 Å². The lowest BCUT2D eigenvalue weighted by Gasteiger charge is -2.23. The highest BCUT2D eigenvalue weighted by Gasteiger charge is 2.41. The van der Waals surface area contributed by atoms with Crippen molar-refractivity contribution in [2.24, 2.45) is 0 Å². The Bertz CT molecular complexity index is 1500. The van der Waals surface area contributed by atoms with Crippen LogP contribution < -0.4 is 10.6 Å². The Labute approximate surface area is 229 Å². The molecule has 1 aliphatic heterocycles. The number of amides is 3. The molecule has 2 aromatic heterocycles. The van der Waals surface area contributed by atoms with Crippen LogP contribution in [-0.2, 0) is 30.9 Å². The number of hydrogen-bond acceptors (Lipinski definition) is 7. The summed E-state index contributed by atoms with van der Waals surface area (Å²) in [5.74, 6) is -1.56. The number of aromatic nitrogens is 2. The fourth-order valence-corrected chi connectivity index (χ4v) is 6.13. The summed E-state index contributed by atoms with van der Waals surface area (Å²) in [6, 6.07) is 7.79. The number of ether oxygens (including phenoxy) is 1. The summed E-state index contributed by atoms with van der Waals surface area (Å²) in [6.07, 6.45) is -0.01000. The van der Waals surface area contributed by atoms with Gasteiger partial charge in [-0.3, -0.25) is 14.6 Å². The number of fused-ring (bicyclic) bond motifs is 1. The van der Waals surface area contributed by atoms with E-state index in [4.69, 9.17) is 5.11 Å². The zero-order valence-electron chi connectivity index (χ0n) is 20.0. The molecule has 0 radical (unpaired) electrons. The van der Waals surface area contributed by atoms with E-state index < -0.39 is 53.2 Å². The SMILES string of the molecule is O=C(O)NCC(=O)N1C[C@H](OC(F)F)C[C@H]1C(=O)NCc1cc2cnccc2n1S(=O)(=O)c1ccc(Br)cc1. The summed E-state index contributed by atoms with van der Waals surface area (Å²) in [7, 11) is -4.11. The Balaban J connectivity index is 1.60. The summed E-state index contributed by atoms with van der Waals surface area (Å²) in [6.45, 7) is -4.46. The number of nitrogens with one attached hydrogen (secondary N) is 2. The third-order valence-electron chi connectivity index (χ3n) is 6.00. The predicted molar refractivity (Wildman–Crippen MR) is 135 cm³/mol. The molecule has 1 aliphatic rings. The second kappa shape index (κ2) is 11.6. The number of nitrogens with zero attached hydrogens (tertiary/aromatic N) is 3. The number of likely N-dealkylation sites (tertiary alicyclic amines) is 1. The fraction of sp³-hybridized carbons (Fsp3) is 0.304.